The zero-order chi connectivity index (χ0) is 20.3. The number of carbonyl (C=O) groups is 1. The lowest BCUT2D eigenvalue weighted by Crippen LogP contribution is -2.37. The number of methoxy groups -OCH3 is 1. The Labute approximate surface area is 164 Å². The van der Waals surface area contributed by atoms with Crippen LogP contribution in [0.4, 0.5) is 13.2 Å². The van der Waals surface area contributed by atoms with Gasteiger partial charge in [-0.05, 0) is 30.7 Å². The second-order valence-electron chi connectivity index (χ2n) is 6.33. The van der Waals surface area contributed by atoms with Crippen molar-refractivity contribution in [2.24, 2.45) is 0 Å². The molecule has 1 amide bonds. The SMILES string of the molecule is COCCN(CC(F)F)C(=O)c1cc2c(C)nn(Cc3ccc(F)cc3)c2s1. The Morgan fingerprint density at radius 3 is 2.68 bits per heavy atom. The van der Waals surface area contributed by atoms with E-state index in [0.717, 1.165) is 26.4 Å². The first kappa shape index (κ1) is 20.3. The number of rotatable bonds is 8. The number of thiophene rings is 1. The van der Waals surface area contributed by atoms with Gasteiger partial charge in [-0.25, -0.2) is 13.2 Å². The van der Waals surface area contributed by atoms with Gasteiger partial charge in [0.05, 0.1) is 30.3 Å². The molecule has 0 saturated carbocycles. The Morgan fingerprint density at radius 1 is 1.32 bits per heavy atom. The monoisotopic (exact) mass is 411 g/mol. The van der Waals surface area contributed by atoms with Gasteiger partial charge >= 0.3 is 0 Å². The normalized spacial score (nSPS) is 11.5. The fourth-order valence-corrected chi connectivity index (χ4v) is 4.02. The van der Waals surface area contributed by atoms with Crippen LogP contribution < -0.4 is 0 Å². The molecule has 0 N–H and O–H groups in total. The molecule has 0 unspecified atom stereocenters. The predicted molar refractivity (Wildman–Crippen MR) is 102 cm³/mol. The highest BCUT2D eigenvalue weighted by Gasteiger charge is 2.23. The van der Waals surface area contributed by atoms with E-state index in [1.165, 1.54) is 30.6 Å². The molecule has 150 valence electrons. The molecule has 0 saturated heterocycles. The van der Waals surface area contributed by atoms with E-state index in [-0.39, 0.29) is 19.0 Å². The van der Waals surface area contributed by atoms with Crippen LogP contribution in [-0.4, -0.2) is 53.8 Å². The summed E-state index contributed by atoms with van der Waals surface area (Å²) < 4.78 is 45.5. The maximum absolute atomic E-state index is 13.1. The van der Waals surface area contributed by atoms with Gasteiger partial charge in [0.15, 0.2) is 0 Å². The van der Waals surface area contributed by atoms with Gasteiger partial charge in [-0.15, -0.1) is 11.3 Å². The van der Waals surface area contributed by atoms with Crippen molar-refractivity contribution < 1.29 is 22.7 Å². The minimum absolute atomic E-state index is 0.0919. The van der Waals surface area contributed by atoms with Crippen molar-refractivity contribution in [3.63, 3.8) is 0 Å². The average Bonchev–Trinajstić information content (AvgIpc) is 3.21. The van der Waals surface area contributed by atoms with Crippen LogP contribution in [-0.2, 0) is 11.3 Å². The number of aromatic nitrogens is 2. The molecule has 0 atom stereocenters. The van der Waals surface area contributed by atoms with Gasteiger partial charge in [-0.1, -0.05) is 12.1 Å². The van der Waals surface area contributed by atoms with E-state index in [2.05, 4.69) is 5.10 Å². The largest absolute Gasteiger partial charge is 0.383 e. The number of benzene rings is 1. The van der Waals surface area contributed by atoms with E-state index in [0.29, 0.717) is 11.4 Å². The van der Waals surface area contributed by atoms with Crippen LogP contribution in [0.25, 0.3) is 10.2 Å². The van der Waals surface area contributed by atoms with Crippen LogP contribution in [0.5, 0.6) is 0 Å². The van der Waals surface area contributed by atoms with Gasteiger partial charge in [-0.3, -0.25) is 9.48 Å². The summed E-state index contributed by atoms with van der Waals surface area (Å²) in [5.74, 6) is -0.768. The third-order valence-electron chi connectivity index (χ3n) is 4.27. The van der Waals surface area contributed by atoms with Crippen LogP contribution >= 0.6 is 11.3 Å². The number of halogens is 3. The number of amides is 1. The van der Waals surface area contributed by atoms with Crippen LogP contribution in [0.1, 0.15) is 20.9 Å². The van der Waals surface area contributed by atoms with Crippen molar-refractivity contribution >= 4 is 27.5 Å². The van der Waals surface area contributed by atoms with Crippen LogP contribution in [0.3, 0.4) is 0 Å². The van der Waals surface area contributed by atoms with Gasteiger partial charge < -0.3 is 9.64 Å². The van der Waals surface area contributed by atoms with Crippen molar-refractivity contribution in [2.45, 2.75) is 19.9 Å². The minimum atomic E-state index is -2.62. The number of ether oxygens (including phenoxy) is 1. The Balaban J connectivity index is 1.88. The standard InChI is InChI=1S/C19H20F3N3O2S/c1-12-15-9-16(18(26)24(7-8-27-2)11-17(21)22)28-19(15)25(23-12)10-13-3-5-14(20)6-4-13/h3-6,9,17H,7-8,10-11H2,1-2H3. The number of hydrogen-bond acceptors (Lipinski definition) is 4. The number of aryl methyl sites for hydroxylation is 1. The van der Waals surface area contributed by atoms with E-state index < -0.39 is 18.9 Å². The summed E-state index contributed by atoms with van der Waals surface area (Å²) in [6.45, 7) is 1.88. The smallest absolute Gasteiger partial charge is 0.264 e. The molecular formula is C19H20F3N3O2S. The summed E-state index contributed by atoms with van der Waals surface area (Å²) in [5.41, 5.74) is 1.61. The predicted octanol–water partition coefficient (Wildman–Crippen LogP) is 3.95. The summed E-state index contributed by atoms with van der Waals surface area (Å²) in [6, 6.07) is 7.80. The van der Waals surface area contributed by atoms with E-state index in [1.54, 1.807) is 22.9 Å². The fraction of sp³-hybridized carbons (Fsp3) is 0.368. The molecule has 2 aromatic heterocycles. The zero-order valence-corrected chi connectivity index (χ0v) is 16.3. The average molecular weight is 411 g/mol. The maximum Gasteiger partial charge on any atom is 0.264 e. The summed E-state index contributed by atoms with van der Waals surface area (Å²) in [6.07, 6.45) is -2.62. The van der Waals surface area contributed by atoms with Crippen LogP contribution in [0.2, 0.25) is 0 Å². The van der Waals surface area contributed by atoms with Gasteiger partial charge in [0.2, 0.25) is 0 Å². The number of nitrogens with zero attached hydrogens (tertiary/aromatic N) is 3. The van der Waals surface area contributed by atoms with Crippen molar-refractivity contribution in [1.29, 1.82) is 0 Å². The zero-order valence-electron chi connectivity index (χ0n) is 15.5. The lowest BCUT2D eigenvalue weighted by atomic mass is 10.2. The van der Waals surface area contributed by atoms with E-state index >= 15 is 0 Å². The highest BCUT2D eigenvalue weighted by atomic mass is 32.1. The molecule has 0 aliphatic carbocycles. The molecule has 3 aromatic rings. The van der Waals surface area contributed by atoms with E-state index in [4.69, 9.17) is 4.74 Å². The quantitative estimate of drug-likeness (QED) is 0.564. The first-order chi connectivity index (χ1) is 13.4. The van der Waals surface area contributed by atoms with E-state index in [1.807, 2.05) is 6.92 Å². The Kier molecular flexibility index (Phi) is 6.35. The number of fused-ring (bicyclic) bond motifs is 1. The first-order valence-corrected chi connectivity index (χ1v) is 9.48. The van der Waals surface area contributed by atoms with Crippen LogP contribution in [0.15, 0.2) is 30.3 Å². The van der Waals surface area contributed by atoms with Gasteiger partial charge in [0, 0.05) is 19.0 Å². The highest BCUT2D eigenvalue weighted by molar-refractivity contribution is 7.20. The molecule has 0 spiro atoms. The molecular weight excluding hydrogens is 391 g/mol. The van der Waals surface area contributed by atoms with Crippen molar-refractivity contribution in [3.05, 3.63) is 52.3 Å². The molecule has 9 heteroatoms. The number of hydrogen-bond donors (Lipinski definition) is 0. The molecule has 2 heterocycles. The Morgan fingerprint density at radius 2 is 2.04 bits per heavy atom. The molecule has 0 fully saturated rings. The molecule has 3 rings (SSSR count). The number of carbonyl (C=O) groups excluding carboxylic acids is 1. The highest BCUT2D eigenvalue weighted by Crippen LogP contribution is 2.30. The second kappa shape index (κ2) is 8.74. The summed E-state index contributed by atoms with van der Waals surface area (Å²) >= 11 is 1.21. The van der Waals surface area contributed by atoms with Crippen molar-refractivity contribution in [1.82, 2.24) is 14.7 Å². The summed E-state index contributed by atoms with van der Waals surface area (Å²) in [7, 11) is 1.46. The molecule has 28 heavy (non-hydrogen) atoms. The minimum Gasteiger partial charge on any atom is -0.383 e. The fourth-order valence-electron chi connectivity index (χ4n) is 2.89. The van der Waals surface area contributed by atoms with Gasteiger partial charge in [0.1, 0.15) is 10.6 Å². The first-order valence-electron chi connectivity index (χ1n) is 8.66. The van der Waals surface area contributed by atoms with Crippen molar-refractivity contribution in [2.75, 3.05) is 26.8 Å². The lowest BCUT2D eigenvalue weighted by Gasteiger charge is -2.21. The van der Waals surface area contributed by atoms with E-state index in [9.17, 15) is 18.0 Å². The molecule has 5 nitrogen and oxygen atoms in total. The third kappa shape index (κ3) is 4.53. The molecule has 0 bridgehead atoms. The lowest BCUT2D eigenvalue weighted by molar-refractivity contribution is 0.0482. The summed E-state index contributed by atoms with van der Waals surface area (Å²) in [4.78, 5) is 15.0. The van der Waals surface area contributed by atoms with Crippen LogP contribution in [0, 0.1) is 12.7 Å². The Hall–Kier alpha value is -2.39. The molecule has 1 aromatic carbocycles. The topological polar surface area (TPSA) is 47.4 Å². The van der Waals surface area contributed by atoms with Gasteiger partial charge in [-0.2, -0.15) is 5.10 Å². The number of alkyl halides is 2. The Bertz CT molecular complexity index is 953. The van der Waals surface area contributed by atoms with Crippen molar-refractivity contribution in [3.8, 4) is 0 Å². The third-order valence-corrected chi connectivity index (χ3v) is 5.41. The maximum atomic E-state index is 13.1. The summed E-state index contributed by atoms with van der Waals surface area (Å²) in [5, 5.41) is 5.28. The molecule has 0 aliphatic rings. The molecule has 0 aliphatic heterocycles. The van der Waals surface area contributed by atoms with Gasteiger partial charge in [0.25, 0.3) is 12.3 Å². The molecule has 0 radical (unpaired) electrons. The second-order valence-corrected chi connectivity index (χ2v) is 7.36.